The SMILES string of the molecule is Cc1ccc(N2C(=O)C(C)(C)NC(=O)C2C(C)C)c(C)c1. The van der Waals surface area contributed by atoms with Crippen molar-refractivity contribution in [2.45, 2.75) is 53.1 Å². The second-order valence-electron chi connectivity index (χ2n) is 6.77. The Balaban J connectivity index is 2.58. The Labute approximate surface area is 126 Å². The zero-order valence-electron chi connectivity index (χ0n) is 13.7. The van der Waals surface area contributed by atoms with Crippen LogP contribution in [0.15, 0.2) is 18.2 Å². The lowest BCUT2D eigenvalue weighted by atomic mass is 9.90. The molecule has 1 aromatic carbocycles. The maximum atomic E-state index is 12.9. The van der Waals surface area contributed by atoms with Gasteiger partial charge < -0.3 is 5.32 Å². The van der Waals surface area contributed by atoms with Crippen molar-refractivity contribution >= 4 is 17.5 Å². The van der Waals surface area contributed by atoms with E-state index in [0.717, 1.165) is 16.8 Å². The Morgan fingerprint density at radius 2 is 1.81 bits per heavy atom. The zero-order valence-corrected chi connectivity index (χ0v) is 13.7. The highest BCUT2D eigenvalue weighted by Crippen LogP contribution is 2.31. The van der Waals surface area contributed by atoms with Gasteiger partial charge in [0.15, 0.2) is 0 Å². The average molecular weight is 288 g/mol. The van der Waals surface area contributed by atoms with Crippen LogP contribution in [0.2, 0.25) is 0 Å². The molecule has 1 N–H and O–H groups in total. The molecule has 0 aromatic heterocycles. The highest BCUT2D eigenvalue weighted by molar-refractivity contribution is 6.10. The van der Waals surface area contributed by atoms with Crippen LogP contribution in [0.5, 0.6) is 0 Å². The molecule has 1 aliphatic heterocycles. The van der Waals surface area contributed by atoms with Gasteiger partial charge in [0.1, 0.15) is 11.6 Å². The Bertz CT molecular complexity index is 590. The van der Waals surface area contributed by atoms with Crippen LogP contribution in [0.25, 0.3) is 0 Å². The van der Waals surface area contributed by atoms with Gasteiger partial charge in [-0.15, -0.1) is 0 Å². The van der Waals surface area contributed by atoms with Crippen molar-refractivity contribution in [3.05, 3.63) is 29.3 Å². The molecule has 0 radical (unpaired) electrons. The number of nitrogens with zero attached hydrogens (tertiary/aromatic N) is 1. The van der Waals surface area contributed by atoms with Gasteiger partial charge in [-0.2, -0.15) is 0 Å². The van der Waals surface area contributed by atoms with Gasteiger partial charge in [-0.3, -0.25) is 14.5 Å². The van der Waals surface area contributed by atoms with Crippen molar-refractivity contribution in [2.24, 2.45) is 5.92 Å². The van der Waals surface area contributed by atoms with Gasteiger partial charge >= 0.3 is 0 Å². The number of carbonyl (C=O) groups is 2. The van der Waals surface area contributed by atoms with E-state index >= 15 is 0 Å². The molecule has 1 atom stereocenters. The maximum Gasteiger partial charge on any atom is 0.252 e. The molecule has 1 heterocycles. The fourth-order valence-electron chi connectivity index (χ4n) is 2.92. The van der Waals surface area contributed by atoms with Gasteiger partial charge in [0.25, 0.3) is 5.91 Å². The first-order valence-corrected chi connectivity index (χ1v) is 7.38. The Morgan fingerprint density at radius 1 is 1.19 bits per heavy atom. The number of amides is 2. The lowest BCUT2D eigenvalue weighted by molar-refractivity contribution is -0.138. The first-order chi connectivity index (χ1) is 9.65. The molecule has 4 nitrogen and oxygen atoms in total. The number of rotatable bonds is 2. The van der Waals surface area contributed by atoms with Gasteiger partial charge in [-0.1, -0.05) is 31.5 Å². The minimum Gasteiger partial charge on any atom is -0.340 e. The molecule has 0 bridgehead atoms. The number of benzene rings is 1. The summed E-state index contributed by atoms with van der Waals surface area (Å²) in [6.07, 6.45) is 0. The van der Waals surface area contributed by atoms with Crippen molar-refractivity contribution in [3.8, 4) is 0 Å². The molecule has 1 aromatic rings. The molecular weight excluding hydrogens is 264 g/mol. The summed E-state index contributed by atoms with van der Waals surface area (Å²) < 4.78 is 0. The van der Waals surface area contributed by atoms with Crippen molar-refractivity contribution in [1.29, 1.82) is 0 Å². The topological polar surface area (TPSA) is 49.4 Å². The van der Waals surface area contributed by atoms with E-state index in [-0.39, 0.29) is 17.7 Å². The summed E-state index contributed by atoms with van der Waals surface area (Å²) in [5, 5.41) is 2.84. The zero-order chi connectivity index (χ0) is 15.9. The number of carbonyl (C=O) groups excluding carboxylic acids is 2. The quantitative estimate of drug-likeness (QED) is 0.909. The van der Waals surface area contributed by atoms with E-state index in [1.807, 2.05) is 45.9 Å². The highest BCUT2D eigenvalue weighted by Gasteiger charge is 2.47. The molecule has 1 unspecified atom stereocenters. The largest absolute Gasteiger partial charge is 0.340 e. The summed E-state index contributed by atoms with van der Waals surface area (Å²) in [6, 6.07) is 5.49. The lowest BCUT2D eigenvalue weighted by Crippen LogP contribution is -2.69. The molecule has 21 heavy (non-hydrogen) atoms. The number of hydrogen-bond acceptors (Lipinski definition) is 2. The summed E-state index contributed by atoms with van der Waals surface area (Å²) in [5.41, 5.74) is 2.11. The van der Waals surface area contributed by atoms with Gasteiger partial charge in [0.2, 0.25) is 5.91 Å². The molecule has 1 saturated heterocycles. The second kappa shape index (κ2) is 5.17. The molecule has 0 saturated carbocycles. The van der Waals surface area contributed by atoms with E-state index in [4.69, 9.17) is 0 Å². The van der Waals surface area contributed by atoms with Crippen molar-refractivity contribution in [2.75, 3.05) is 4.90 Å². The van der Waals surface area contributed by atoms with Crippen molar-refractivity contribution < 1.29 is 9.59 Å². The van der Waals surface area contributed by atoms with Crippen LogP contribution in [0.3, 0.4) is 0 Å². The van der Waals surface area contributed by atoms with Crippen LogP contribution in [0.1, 0.15) is 38.8 Å². The Hall–Kier alpha value is -1.84. The van der Waals surface area contributed by atoms with E-state index in [9.17, 15) is 9.59 Å². The fourth-order valence-corrected chi connectivity index (χ4v) is 2.92. The summed E-state index contributed by atoms with van der Waals surface area (Å²) >= 11 is 0. The second-order valence-corrected chi connectivity index (χ2v) is 6.77. The van der Waals surface area contributed by atoms with E-state index < -0.39 is 11.6 Å². The van der Waals surface area contributed by atoms with Crippen LogP contribution in [0.4, 0.5) is 5.69 Å². The van der Waals surface area contributed by atoms with Gasteiger partial charge in [0, 0.05) is 5.69 Å². The standard InChI is InChI=1S/C17H24N2O2/c1-10(2)14-15(20)18-17(5,6)16(21)19(14)13-8-7-11(3)9-12(13)4/h7-10,14H,1-6H3,(H,18,20). The smallest absolute Gasteiger partial charge is 0.252 e. The normalized spacial score (nSPS) is 21.7. The molecule has 2 rings (SSSR count). The number of anilines is 1. The fraction of sp³-hybridized carbons (Fsp3) is 0.529. The summed E-state index contributed by atoms with van der Waals surface area (Å²) in [7, 11) is 0. The first-order valence-electron chi connectivity index (χ1n) is 7.38. The number of piperazine rings is 1. The third-order valence-electron chi connectivity index (χ3n) is 3.98. The van der Waals surface area contributed by atoms with Crippen LogP contribution < -0.4 is 10.2 Å². The molecule has 2 amide bonds. The molecule has 114 valence electrons. The summed E-state index contributed by atoms with van der Waals surface area (Å²) in [5.74, 6) is -0.104. The molecule has 1 fully saturated rings. The average Bonchev–Trinajstić information content (AvgIpc) is 2.33. The van der Waals surface area contributed by atoms with Crippen molar-refractivity contribution in [3.63, 3.8) is 0 Å². The van der Waals surface area contributed by atoms with Crippen LogP contribution >= 0.6 is 0 Å². The van der Waals surface area contributed by atoms with Gasteiger partial charge in [-0.25, -0.2) is 0 Å². The molecule has 1 aliphatic rings. The van der Waals surface area contributed by atoms with E-state index in [2.05, 4.69) is 5.32 Å². The van der Waals surface area contributed by atoms with E-state index in [1.165, 1.54) is 0 Å². The highest BCUT2D eigenvalue weighted by atomic mass is 16.2. The van der Waals surface area contributed by atoms with Crippen LogP contribution in [-0.2, 0) is 9.59 Å². The summed E-state index contributed by atoms with van der Waals surface area (Å²) in [4.78, 5) is 27.0. The number of hydrogen-bond donors (Lipinski definition) is 1. The van der Waals surface area contributed by atoms with Gasteiger partial charge in [0.05, 0.1) is 0 Å². The number of aryl methyl sites for hydroxylation is 2. The minimum atomic E-state index is -0.875. The maximum absolute atomic E-state index is 12.9. The van der Waals surface area contributed by atoms with E-state index in [1.54, 1.807) is 18.7 Å². The third kappa shape index (κ3) is 2.67. The third-order valence-corrected chi connectivity index (χ3v) is 3.98. The number of nitrogens with one attached hydrogen (secondary N) is 1. The van der Waals surface area contributed by atoms with Crippen molar-refractivity contribution in [1.82, 2.24) is 5.32 Å². The summed E-state index contributed by atoms with van der Waals surface area (Å²) in [6.45, 7) is 11.4. The Kier molecular flexibility index (Phi) is 3.83. The molecule has 0 spiro atoms. The van der Waals surface area contributed by atoms with Crippen LogP contribution in [-0.4, -0.2) is 23.4 Å². The van der Waals surface area contributed by atoms with E-state index in [0.29, 0.717) is 0 Å². The first kappa shape index (κ1) is 15.5. The molecule has 0 aliphatic carbocycles. The monoisotopic (exact) mass is 288 g/mol. The predicted octanol–water partition coefficient (Wildman–Crippen LogP) is 2.57. The molecular formula is C17H24N2O2. The lowest BCUT2D eigenvalue weighted by Gasteiger charge is -2.44. The molecule has 4 heteroatoms. The van der Waals surface area contributed by atoms with Crippen LogP contribution in [0, 0.1) is 19.8 Å². The predicted molar refractivity (Wildman–Crippen MR) is 84.2 cm³/mol. The van der Waals surface area contributed by atoms with Gasteiger partial charge in [-0.05, 0) is 45.2 Å². The Morgan fingerprint density at radius 3 is 2.33 bits per heavy atom. The minimum absolute atomic E-state index is 0.0470.